The zero-order valence-electron chi connectivity index (χ0n) is 13.7. The van der Waals surface area contributed by atoms with Crippen molar-refractivity contribution in [3.05, 3.63) is 83.9 Å². The summed E-state index contributed by atoms with van der Waals surface area (Å²) in [4.78, 5) is 23.2. The number of rotatable bonds is 4. The lowest BCUT2D eigenvalue weighted by molar-refractivity contribution is 0.0984. The van der Waals surface area contributed by atoms with Crippen LogP contribution in [0.1, 0.15) is 21.7 Å². The number of carbonyl (C=O) groups excluding carboxylic acids is 1. The van der Waals surface area contributed by atoms with Gasteiger partial charge in [-0.25, -0.2) is 0 Å². The molecule has 1 N–H and O–H groups in total. The Kier molecular flexibility index (Phi) is 4.12. The summed E-state index contributed by atoms with van der Waals surface area (Å²) in [5.41, 5.74) is 4.45. The molecule has 0 bridgehead atoms. The first-order chi connectivity index (χ1) is 12.3. The second kappa shape index (κ2) is 6.73. The third-order valence-electron chi connectivity index (χ3n) is 4.31. The standard InChI is InChI=1S/C20H18N4O/c25-20(24-12-9-15-5-1-2-7-19(15)24)18-13-16(8-11-22-18)23-14-17-6-3-4-10-21-17/h1-8,10-11,13H,9,12,14H2,(H,22,23). The van der Waals surface area contributed by atoms with Crippen molar-refractivity contribution in [2.75, 3.05) is 16.8 Å². The maximum atomic E-state index is 12.9. The molecule has 4 rings (SSSR count). The van der Waals surface area contributed by atoms with Crippen LogP contribution in [-0.4, -0.2) is 22.4 Å². The number of aromatic nitrogens is 2. The zero-order chi connectivity index (χ0) is 17.1. The number of para-hydroxylation sites is 1. The summed E-state index contributed by atoms with van der Waals surface area (Å²) >= 11 is 0. The Hall–Kier alpha value is -3.21. The van der Waals surface area contributed by atoms with E-state index >= 15 is 0 Å². The first-order valence-corrected chi connectivity index (χ1v) is 8.31. The molecule has 1 aromatic carbocycles. The molecule has 1 amide bonds. The van der Waals surface area contributed by atoms with Gasteiger partial charge in [0.05, 0.1) is 12.2 Å². The number of hydrogen-bond acceptors (Lipinski definition) is 4. The van der Waals surface area contributed by atoms with Gasteiger partial charge in [-0.15, -0.1) is 0 Å². The quantitative estimate of drug-likeness (QED) is 0.797. The summed E-state index contributed by atoms with van der Waals surface area (Å²) in [6, 6.07) is 17.5. The van der Waals surface area contributed by atoms with Crippen molar-refractivity contribution in [2.24, 2.45) is 0 Å². The van der Waals surface area contributed by atoms with E-state index in [1.807, 2.05) is 42.5 Å². The number of hydrogen-bond donors (Lipinski definition) is 1. The van der Waals surface area contributed by atoms with Gasteiger partial charge in [0.25, 0.3) is 5.91 Å². The topological polar surface area (TPSA) is 58.1 Å². The zero-order valence-corrected chi connectivity index (χ0v) is 13.7. The maximum absolute atomic E-state index is 12.9. The molecular weight excluding hydrogens is 312 g/mol. The third kappa shape index (κ3) is 3.21. The number of pyridine rings is 2. The number of nitrogens with zero attached hydrogens (tertiary/aromatic N) is 3. The van der Waals surface area contributed by atoms with Crippen LogP contribution in [-0.2, 0) is 13.0 Å². The molecule has 0 radical (unpaired) electrons. The Morgan fingerprint density at radius 1 is 1.04 bits per heavy atom. The van der Waals surface area contributed by atoms with E-state index in [9.17, 15) is 4.79 Å². The van der Waals surface area contributed by atoms with Gasteiger partial charge < -0.3 is 10.2 Å². The molecule has 0 spiro atoms. The Balaban J connectivity index is 1.51. The lowest BCUT2D eigenvalue weighted by Crippen LogP contribution is -2.29. The Morgan fingerprint density at radius 2 is 1.92 bits per heavy atom. The van der Waals surface area contributed by atoms with Crippen molar-refractivity contribution in [3.8, 4) is 0 Å². The molecule has 25 heavy (non-hydrogen) atoms. The van der Waals surface area contributed by atoms with E-state index in [4.69, 9.17) is 0 Å². The fourth-order valence-corrected chi connectivity index (χ4v) is 3.04. The van der Waals surface area contributed by atoms with Crippen molar-refractivity contribution < 1.29 is 4.79 Å². The van der Waals surface area contributed by atoms with Crippen molar-refractivity contribution in [1.82, 2.24) is 9.97 Å². The SMILES string of the molecule is O=C(c1cc(NCc2ccccn2)ccn1)N1CCc2ccccc21. The highest BCUT2D eigenvalue weighted by Gasteiger charge is 2.25. The van der Waals surface area contributed by atoms with Crippen LogP contribution < -0.4 is 10.2 Å². The Labute approximate surface area is 146 Å². The van der Waals surface area contributed by atoms with Crippen LogP contribution in [0.25, 0.3) is 0 Å². The second-order valence-electron chi connectivity index (χ2n) is 5.94. The van der Waals surface area contributed by atoms with Crippen LogP contribution >= 0.6 is 0 Å². The van der Waals surface area contributed by atoms with E-state index in [2.05, 4.69) is 21.4 Å². The highest BCUT2D eigenvalue weighted by Crippen LogP contribution is 2.28. The van der Waals surface area contributed by atoms with Crippen LogP contribution in [0, 0.1) is 0 Å². The highest BCUT2D eigenvalue weighted by atomic mass is 16.2. The van der Waals surface area contributed by atoms with E-state index in [0.717, 1.165) is 23.5 Å². The van der Waals surface area contributed by atoms with E-state index in [1.165, 1.54) is 5.56 Å². The molecule has 0 unspecified atom stereocenters. The van der Waals surface area contributed by atoms with E-state index in [1.54, 1.807) is 23.4 Å². The molecule has 3 aromatic rings. The van der Waals surface area contributed by atoms with Crippen LogP contribution in [0.2, 0.25) is 0 Å². The first-order valence-electron chi connectivity index (χ1n) is 8.31. The van der Waals surface area contributed by atoms with Gasteiger partial charge in [-0.3, -0.25) is 14.8 Å². The number of benzene rings is 1. The summed E-state index contributed by atoms with van der Waals surface area (Å²) in [5.74, 6) is -0.0635. The lowest BCUT2D eigenvalue weighted by atomic mass is 10.2. The van der Waals surface area contributed by atoms with E-state index in [0.29, 0.717) is 18.8 Å². The van der Waals surface area contributed by atoms with Gasteiger partial charge in [0, 0.05) is 30.3 Å². The van der Waals surface area contributed by atoms with Gasteiger partial charge in [0.1, 0.15) is 5.69 Å². The molecule has 2 aromatic heterocycles. The van der Waals surface area contributed by atoms with Crippen molar-refractivity contribution >= 4 is 17.3 Å². The number of amides is 1. The molecule has 0 fully saturated rings. The summed E-state index contributed by atoms with van der Waals surface area (Å²) < 4.78 is 0. The normalized spacial score (nSPS) is 12.7. The van der Waals surface area contributed by atoms with Crippen LogP contribution in [0.15, 0.2) is 67.0 Å². The molecule has 3 heterocycles. The Bertz CT molecular complexity index is 895. The van der Waals surface area contributed by atoms with Gasteiger partial charge in [0.15, 0.2) is 0 Å². The molecule has 0 aliphatic carbocycles. The monoisotopic (exact) mass is 330 g/mol. The Morgan fingerprint density at radius 3 is 2.80 bits per heavy atom. The van der Waals surface area contributed by atoms with Gasteiger partial charge in [0.2, 0.25) is 0 Å². The first kappa shape index (κ1) is 15.3. The molecule has 1 aliphatic rings. The molecular formula is C20H18N4O. The van der Waals surface area contributed by atoms with Crippen molar-refractivity contribution in [1.29, 1.82) is 0 Å². The molecule has 0 saturated heterocycles. The average Bonchev–Trinajstić information content (AvgIpc) is 3.11. The summed E-state index contributed by atoms with van der Waals surface area (Å²) in [7, 11) is 0. The average molecular weight is 330 g/mol. The summed E-state index contributed by atoms with van der Waals surface area (Å²) in [6.45, 7) is 1.30. The minimum absolute atomic E-state index is 0.0635. The molecule has 1 aliphatic heterocycles. The highest BCUT2D eigenvalue weighted by molar-refractivity contribution is 6.06. The van der Waals surface area contributed by atoms with Gasteiger partial charge >= 0.3 is 0 Å². The van der Waals surface area contributed by atoms with Crippen molar-refractivity contribution in [3.63, 3.8) is 0 Å². The van der Waals surface area contributed by atoms with Gasteiger partial charge in [-0.1, -0.05) is 24.3 Å². The van der Waals surface area contributed by atoms with E-state index < -0.39 is 0 Å². The second-order valence-corrected chi connectivity index (χ2v) is 5.94. The largest absolute Gasteiger partial charge is 0.379 e. The van der Waals surface area contributed by atoms with Crippen LogP contribution in [0.5, 0.6) is 0 Å². The minimum Gasteiger partial charge on any atom is -0.379 e. The third-order valence-corrected chi connectivity index (χ3v) is 4.31. The molecule has 0 saturated carbocycles. The predicted molar refractivity (Wildman–Crippen MR) is 97.6 cm³/mol. The predicted octanol–water partition coefficient (Wildman–Crippen LogP) is 3.29. The number of carbonyl (C=O) groups is 1. The molecule has 0 atom stereocenters. The summed E-state index contributed by atoms with van der Waals surface area (Å²) in [6.07, 6.45) is 4.32. The van der Waals surface area contributed by atoms with Gasteiger partial charge in [-0.2, -0.15) is 0 Å². The smallest absolute Gasteiger partial charge is 0.276 e. The fraction of sp³-hybridized carbons (Fsp3) is 0.150. The van der Waals surface area contributed by atoms with Crippen LogP contribution in [0.3, 0.4) is 0 Å². The number of nitrogens with one attached hydrogen (secondary N) is 1. The molecule has 5 nitrogen and oxygen atoms in total. The lowest BCUT2D eigenvalue weighted by Gasteiger charge is -2.17. The summed E-state index contributed by atoms with van der Waals surface area (Å²) in [5, 5.41) is 3.29. The van der Waals surface area contributed by atoms with E-state index in [-0.39, 0.29) is 5.91 Å². The van der Waals surface area contributed by atoms with Gasteiger partial charge in [-0.05, 0) is 42.3 Å². The van der Waals surface area contributed by atoms with Crippen molar-refractivity contribution in [2.45, 2.75) is 13.0 Å². The minimum atomic E-state index is -0.0635. The number of anilines is 2. The molecule has 124 valence electrons. The fourth-order valence-electron chi connectivity index (χ4n) is 3.04. The maximum Gasteiger partial charge on any atom is 0.276 e. The molecule has 5 heteroatoms. The number of fused-ring (bicyclic) bond motifs is 1. The van der Waals surface area contributed by atoms with Crippen LogP contribution in [0.4, 0.5) is 11.4 Å².